The van der Waals surface area contributed by atoms with E-state index in [0.29, 0.717) is 13.0 Å². The average molecular weight is 528 g/mol. The van der Waals surface area contributed by atoms with E-state index in [1.165, 1.54) is 17.0 Å². The lowest BCUT2D eigenvalue weighted by Crippen LogP contribution is -2.52. The van der Waals surface area contributed by atoms with Crippen molar-refractivity contribution in [3.63, 3.8) is 0 Å². The maximum absolute atomic E-state index is 13.8. The summed E-state index contributed by atoms with van der Waals surface area (Å²) >= 11 is 6.39. The van der Waals surface area contributed by atoms with Crippen LogP contribution >= 0.6 is 11.6 Å². The molecule has 0 saturated carbocycles. The van der Waals surface area contributed by atoms with Crippen LogP contribution in [0.5, 0.6) is 0 Å². The van der Waals surface area contributed by atoms with Gasteiger partial charge in [-0.15, -0.1) is 0 Å². The first-order chi connectivity index (χ1) is 17.3. The van der Waals surface area contributed by atoms with Crippen LogP contribution in [0.1, 0.15) is 25.8 Å². The molecule has 0 radical (unpaired) electrons. The number of anilines is 1. The second-order valence-corrected chi connectivity index (χ2v) is 10.4. The maximum atomic E-state index is 13.8. The normalized spacial score (nSPS) is 12.0. The lowest BCUT2D eigenvalue weighted by atomic mass is 10.1. The summed E-state index contributed by atoms with van der Waals surface area (Å²) in [5, 5.41) is 2.97. The summed E-state index contributed by atoms with van der Waals surface area (Å²) in [5.41, 5.74) is 1.01. The van der Waals surface area contributed by atoms with Crippen LogP contribution < -0.4 is 9.62 Å². The van der Waals surface area contributed by atoms with Crippen LogP contribution in [0, 0.1) is 0 Å². The second kappa shape index (κ2) is 12.6. The van der Waals surface area contributed by atoms with Gasteiger partial charge < -0.3 is 10.2 Å². The molecule has 3 aromatic carbocycles. The quantitative estimate of drug-likeness (QED) is 0.398. The molecule has 1 unspecified atom stereocenters. The van der Waals surface area contributed by atoms with Gasteiger partial charge in [-0.2, -0.15) is 0 Å². The van der Waals surface area contributed by atoms with Crippen molar-refractivity contribution in [1.29, 1.82) is 0 Å². The number of rotatable bonds is 11. The van der Waals surface area contributed by atoms with Crippen molar-refractivity contribution in [3.8, 4) is 0 Å². The molecular weight excluding hydrogens is 498 g/mol. The number of hydrogen-bond acceptors (Lipinski definition) is 4. The third-order valence-electron chi connectivity index (χ3n) is 5.66. The van der Waals surface area contributed by atoms with E-state index in [9.17, 15) is 18.0 Å². The summed E-state index contributed by atoms with van der Waals surface area (Å²) in [7, 11) is -4.14. The van der Waals surface area contributed by atoms with E-state index in [1.807, 2.05) is 37.3 Å². The first-order valence-corrected chi connectivity index (χ1v) is 13.5. The maximum Gasteiger partial charge on any atom is 0.264 e. The third-order valence-corrected chi connectivity index (χ3v) is 7.76. The molecule has 0 aliphatic heterocycles. The largest absolute Gasteiger partial charge is 0.355 e. The number of hydrogen-bond donors (Lipinski definition) is 1. The minimum atomic E-state index is -4.14. The summed E-state index contributed by atoms with van der Waals surface area (Å²) in [5.74, 6) is -0.809. The minimum Gasteiger partial charge on any atom is -0.355 e. The Hall–Kier alpha value is -3.36. The molecule has 0 spiro atoms. The monoisotopic (exact) mass is 527 g/mol. The van der Waals surface area contributed by atoms with Crippen molar-refractivity contribution in [2.75, 3.05) is 17.4 Å². The van der Waals surface area contributed by atoms with Crippen molar-refractivity contribution >= 4 is 39.1 Å². The number of carbonyl (C=O) groups excluding carboxylic acids is 2. The van der Waals surface area contributed by atoms with E-state index in [1.54, 1.807) is 49.4 Å². The molecule has 2 amide bonds. The van der Waals surface area contributed by atoms with Gasteiger partial charge in [0.25, 0.3) is 10.0 Å². The Morgan fingerprint density at radius 1 is 0.889 bits per heavy atom. The van der Waals surface area contributed by atoms with Crippen molar-refractivity contribution in [3.05, 3.63) is 95.5 Å². The van der Waals surface area contributed by atoms with E-state index in [2.05, 4.69) is 5.32 Å². The Morgan fingerprint density at radius 3 is 2.06 bits per heavy atom. The zero-order valence-corrected chi connectivity index (χ0v) is 21.9. The molecule has 0 saturated heterocycles. The van der Waals surface area contributed by atoms with E-state index in [0.717, 1.165) is 9.87 Å². The number of para-hydroxylation sites is 1. The van der Waals surface area contributed by atoms with Crippen LogP contribution in [-0.2, 0) is 26.2 Å². The van der Waals surface area contributed by atoms with Gasteiger partial charge >= 0.3 is 0 Å². The first-order valence-electron chi connectivity index (χ1n) is 11.7. The Labute approximate surface area is 217 Å². The molecule has 1 N–H and O–H groups in total. The molecule has 1 atom stereocenters. The topological polar surface area (TPSA) is 86.8 Å². The average Bonchev–Trinajstić information content (AvgIpc) is 2.89. The first kappa shape index (κ1) is 27.2. The Bertz CT molecular complexity index is 1270. The predicted octanol–water partition coefficient (Wildman–Crippen LogP) is 4.48. The van der Waals surface area contributed by atoms with Gasteiger partial charge in [0.05, 0.1) is 15.6 Å². The molecule has 3 aromatic rings. The Morgan fingerprint density at radius 2 is 1.47 bits per heavy atom. The van der Waals surface area contributed by atoms with Gasteiger partial charge in [-0.1, -0.05) is 79.2 Å². The highest BCUT2D eigenvalue weighted by Crippen LogP contribution is 2.30. The molecule has 0 fully saturated rings. The number of likely N-dealkylation sites (N-methyl/N-ethyl adjacent to an activating group) is 1. The predicted molar refractivity (Wildman–Crippen MR) is 142 cm³/mol. The van der Waals surface area contributed by atoms with E-state index in [-0.39, 0.29) is 28.1 Å². The molecule has 0 aliphatic rings. The van der Waals surface area contributed by atoms with Gasteiger partial charge in [-0.25, -0.2) is 8.42 Å². The molecule has 0 aromatic heterocycles. The lowest BCUT2D eigenvalue weighted by Gasteiger charge is -2.33. The summed E-state index contributed by atoms with van der Waals surface area (Å²) in [4.78, 5) is 28.2. The van der Waals surface area contributed by atoms with Crippen LogP contribution in [0.4, 0.5) is 5.69 Å². The highest BCUT2D eigenvalue weighted by molar-refractivity contribution is 7.92. The fraction of sp³-hybridized carbons (Fsp3) is 0.259. The van der Waals surface area contributed by atoms with Crippen LogP contribution in [0.25, 0.3) is 0 Å². The number of amides is 2. The molecule has 3 rings (SSSR count). The Kier molecular flexibility index (Phi) is 9.50. The third kappa shape index (κ3) is 6.44. The van der Waals surface area contributed by atoms with Crippen LogP contribution in [0.15, 0.2) is 89.8 Å². The highest BCUT2D eigenvalue weighted by Gasteiger charge is 2.34. The van der Waals surface area contributed by atoms with Crippen molar-refractivity contribution in [1.82, 2.24) is 10.2 Å². The standard InChI is InChI=1S/C27H30ClN3O4S/c1-3-24(27(33)29-4-2)30(19-21-13-7-5-8-14-21)26(32)20-31(25-18-12-11-17-23(25)28)36(34,35)22-15-9-6-10-16-22/h5-18,24H,3-4,19-20H2,1-2H3,(H,29,33). The van der Waals surface area contributed by atoms with Crippen molar-refractivity contribution < 1.29 is 18.0 Å². The van der Waals surface area contributed by atoms with Gasteiger partial charge in [0, 0.05) is 13.1 Å². The van der Waals surface area contributed by atoms with Crippen molar-refractivity contribution in [2.45, 2.75) is 37.8 Å². The fourth-order valence-electron chi connectivity index (χ4n) is 3.88. The highest BCUT2D eigenvalue weighted by atomic mass is 35.5. The summed E-state index contributed by atoms with van der Waals surface area (Å²) in [6.07, 6.45) is 0.363. The van der Waals surface area contributed by atoms with E-state index >= 15 is 0 Å². The van der Waals surface area contributed by atoms with Crippen LogP contribution in [0.3, 0.4) is 0 Å². The smallest absolute Gasteiger partial charge is 0.264 e. The summed E-state index contributed by atoms with van der Waals surface area (Å²) in [6.45, 7) is 3.66. The number of nitrogens with zero attached hydrogens (tertiary/aromatic N) is 2. The summed E-state index contributed by atoms with van der Waals surface area (Å²) in [6, 6.07) is 22.8. The number of sulfonamides is 1. The number of halogens is 1. The van der Waals surface area contributed by atoms with Gasteiger partial charge in [-0.05, 0) is 43.2 Å². The van der Waals surface area contributed by atoms with Gasteiger partial charge in [-0.3, -0.25) is 13.9 Å². The number of carbonyl (C=O) groups is 2. The lowest BCUT2D eigenvalue weighted by molar-refractivity contribution is -0.140. The zero-order valence-electron chi connectivity index (χ0n) is 20.3. The van der Waals surface area contributed by atoms with E-state index < -0.39 is 28.5 Å². The fourth-order valence-corrected chi connectivity index (χ4v) is 5.62. The second-order valence-electron chi connectivity index (χ2n) is 8.10. The van der Waals surface area contributed by atoms with E-state index in [4.69, 9.17) is 11.6 Å². The van der Waals surface area contributed by atoms with Crippen LogP contribution in [0.2, 0.25) is 5.02 Å². The van der Waals surface area contributed by atoms with Crippen molar-refractivity contribution in [2.24, 2.45) is 0 Å². The number of nitrogens with one attached hydrogen (secondary N) is 1. The minimum absolute atomic E-state index is 0.0306. The molecule has 9 heteroatoms. The molecule has 7 nitrogen and oxygen atoms in total. The molecule has 0 bridgehead atoms. The number of benzene rings is 3. The SMILES string of the molecule is CCNC(=O)C(CC)N(Cc1ccccc1)C(=O)CN(c1ccccc1Cl)S(=O)(=O)c1ccccc1. The Balaban J connectivity index is 2.05. The molecule has 0 aliphatic carbocycles. The van der Waals surface area contributed by atoms with Gasteiger partial charge in [0.1, 0.15) is 12.6 Å². The van der Waals surface area contributed by atoms with Gasteiger partial charge in [0.15, 0.2) is 0 Å². The zero-order chi connectivity index (χ0) is 26.1. The molecule has 36 heavy (non-hydrogen) atoms. The summed E-state index contributed by atoms with van der Waals surface area (Å²) < 4.78 is 28.4. The molecular formula is C27H30ClN3O4S. The molecule has 0 heterocycles. The van der Waals surface area contributed by atoms with Gasteiger partial charge in [0.2, 0.25) is 11.8 Å². The van der Waals surface area contributed by atoms with Crippen LogP contribution in [-0.4, -0.2) is 44.3 Å². The molecule has 190 valence electrons.